The van der Waals surface area contributed by atoms with E-state index in [0.29, 0.717) is 24.5 Å². The molecular formula is C20H14ClFN4O2S3. The summed E-state index contributed by atoms with van der Waals surface area (Å²) in [6, 6.07) is 12.9. The number of thioether (sulfide) groups is 1. The third-order valence-corrected chi connectivity index (χ3v) is 6.74. The largest absolute Gasteiger partial charge is 0.351 e. The van der Waals surface area contributed by atoms with Crippen molar-refractivity contribution in [2.75, 3.05) is 5.75 Å². The van der Waals surface area contributed by atoms with E-state index in [1.807, 2.05) is 0 Å². The van der Waals surface area contributed by atoms with Crippen LogP contribution in [0.2, 0.25) is 5.02 Å². The van der Waals surface area contributed by atoms with Gasteiger partial charge in [-0.05, 0) is 54.2 Å². The van der Waals surface area contributed by atoms with Crippen LogP contribution in [0.3, 0.4) is 0 Å². The number of carbonyl (C=O) groups excluding carboxylic acids is 1. The van der Waals surface area contributed by atoms with E-state index in [2.05, 4.69) is 15.3 Å². The number of aromatic nitrogens is 3. The van der Waals surface area contributed by atoms with E-state index in [-0.39, 0.29) is 29.6 Å². The van der Waals surface area contributed by atoms with Crippen LogP contribution in [0.25, 0.3) is 16.0 Å². The molecule has 11 heteroatoms. The van der Waals surface area contributed by atoms with Crippen molar-refractivity contribution in [1.29, 1.82) is 0 Å². The van der Waals surface area contributed by atoms with E-state index in [4.69, 9.17) is 23.8 Å². The van der Waals surface area contributed by atoms with Gasteiger partial charge in [0, 0.05) is 17.3 Å². The number of benzene rings is 2. The zero-order valence-corrected chi connectivity index (χ0v) is 18.9. The number of fused-ring (bicyclic) bond motifs is 1. The van der Waals surface area contributed by atoms with Crippen LogP contribution in [-0.2, 0) is 11.3 Å². The molecule has 2 aromatic heterocycles. The molecule has 0 saturated heterocycles. The van der Waals surface area contributed by atoms with Gasteiger partial charge in [-0.15, -0.1) is 0 Å². The highest BCUT2D eigenvalue weighted by Gasteiger charge is 2.14. The monoisotopic (exact) mass is 492 g/mol. The molecule has 2 N–H and O–H groups in total. The third kappa shape index (κ3) is 5.04. The van der Waals surface area contributed by atoms with Crippen molar-refractivity contribution >= 4 is 63.2 Å². The van der Waals surface area contributed by atoms with Gasteiger partial charge in [-0.3, -0.25) is 14.2 Å². The van der Waals surface area contributed by atoms with Crippen LogP contribution in [0.4, 0.5) is 4.39 Å². The molecule has 0 radical (unpaired) electrons. The summed E-state index contributed by atoms with van der Waals surface area (Å²) >= 11 is 13.7. The molecule has 0 aliphatic rings. The number of rotatable bonds is 6. The second-order valence-electron chi connectivity index (χ2n) is 6.40. The molecule has 6 nitrogen and oxygen atoms in total. The molecule has 0 atom stereocenters. The van der Waals surface area contributed by atoms with Crippen LogP contribution in [0.15, 0.2) is 58.5 Å². The number of amides is 1. The van der Waals surface area contributed by atoms with Crippen LogP contribution in [0.5, 0.6) is 0 Å². The SMILES string of the molecule is O=C(CSc1nc2c(sc(=S)n2-c2ccc(Cl)cc2)c(=O)[nH]1)NCc1ccc(F)cc1. The fourth-order valence-electron chi connectivity index (χ4n) is 2.77. The van der Waals surface area contributed by atoms with Crippen molar-refractivity contribution in [3.05, 3.63) is 79.2 Å². The number of H-pyrrole nitrogens is 1. The number of nitrogens with zero attached hydrogens (tertiary/aromatic N) is 2. The van der Waals surface area contributed by atoms with Crippen LogP contribution in [0.1, 0.15) is 5.56 Å². The Labute approximate surface area is 194 Å². The summed E-state index contributed by atoms with van der Waals surface area (Å²) in [6.07, 6.45) is 0. The van der Waals surface area contributed by atoms with Crippen molar-refractivity contribution in [3.8, 4) is 5.69 Å². The molecule has 0 fully saturated rings. The molecular weight excluding hydrogens is 479 g/mol. The lowest BCUT2D eigenvalue weighted by Gasteiger charge is -2.07. The average molecular weight is 493 g/mol. The number of halogens is 2. The Hall–Kier alpha value is -2.53. The summed E-state index contributed by atoms with van der Waals surface area (Å²) in [5.41, 5.74) is 1.64. The molecule has 4 aromatic rings. The number of thiazole rings is 1. The summed E-state index contributed by atoms with van der Waals surface area (Å²) < 4.78 is 15.6. The number of hydrogen-bond donors (Lipinski definition) is 2. The van der Waals surface area contributed by atoms with Crippen LogP contribution < -0.4 is 10.9 Å². The van der Waals surface area contributed by atoms with Crippen LogP contribution in [0, 0.1) is 9.77 Å². The smallest absolute Gasteiger partial charge is 0.271 e. The quantitative estimate of drug-likeness (QED) is 0.231. The highest BCUT2D eigenvalue weighted by molar-refractivity contribution is 7.99. The van der Waals surface area contributed by atoms with Crippen molar-refractivity contribution in [2.45, 2.75) is 11.7 Å². The average Bonchev–Trinajstić information content (AvgIpc) is 3.09. The first-order valence-corrected chi connectivity index (χ1v) is 11.6. The van der Waals surface area contributed by atoms with Crippen molar-refractivity contribution in [1.82, 2.24) is 19.9 Å². The lowest BCUT2D eigenvalue weighted by molar-refractivity contribution is -0.118. The molecule has 2 heterocycles. The van der Waals surface area contributed by atoms with Gasteiger partial charge in [0.25, 0.3) is 5.56 Å². The standard InChI is InChI=1S/C20H14ClFN4O2S3/c21-12-3-7-14(8-4-12)26-17-16(31-20(26)29)18(28)25-19(24-17)30-10-15(27)23-9-11-1-5-13(22)6-2-11/h1-8H,9-10H2,(H,23,27)(H,24,25,28). The zero-order chi connectivity index (χ0) is 22.0. The lowest BCUT2D eigenvalue weighted by atomic mass is 10.2. The predicted molar refractivity (Wildman–Crippen MR) is 124 cm³/mol. The minimum Gasteiger partial charge on any atom is -0.351 e. The minimum atomic E-state index is -0.331. The van der Waals surface area contributed by atoms with E-state index in [1.54, 1.807) is 41.0 Å². The minimum absolute atomic E-state index is 0.0570. The molecule has 0 spiro atoms. The zero-order valence-electron chi connectivity index (χ0n) is 15.7. The summed E-state index contributed by atoms with van der Waals surface area (Å²) in [4.78, 5) is 31.9. The fraction of sp³-hybridized carbons (Fsp3) is 0.100. The van der Waals surface area contributed by atoms with Gasteiger partial charge < -0.3 is 10.3 Å². The van der Waals surface area contributed by atoms with Gasteiger partial charge in [0.2, 0.25) is 5.91 Å². The topological polar surface area (TPSA) is 79.8 Å². The van der Waals surface area contributed by atoms with E-state index < -0.39 is 0 Å². The van der Waals surface area contributed by atoms with Crippen molar-refractivity contribution in [3.63, 3.8) is 0 Å². The maximum Gasteiger partial charge on any atom is 0.271 e. The van der Waals surface area contributed by atoms with Gasteiger partial charge in [0.15, 0.2) is 14.8 Å². The second kappa shape index (κ2) is 9.31. The molecule has 0 unspecified atom stereocenters. The summed E-state index contributed by atoms with van der Waals surface area (Å²) in [5, 5.41) is 3.65. The number of hydrogen-bond acceptors (Lipinski definition) is 6. The van der Waals surface area contributed by atoms with Crippen LogP contribution in [-0.4, -0.2) is 26.2 Å². The highest BCUT2D eigenvalue weighted by Crippen LogP contribution is 2.25. The molecule has 1 amide bonds. The first kappa shape index (κ1) is 21.7. The second-order valence-corrected chi connectivity index (χ2v) is 9.44. The molecule has 158 valence electrons. The van der Waals surface area contributed by atoms with Crippen molar-refractivity contribution < 1.29 is 9.18 Å². The van der Waals surface area contributed by atoms with Gasteiger partial charge in [0.05, 0.1) is 5.75 Å². The highest BCUT2D eigenvalue weighted by atomic mass is 35.5. The number of nitrogens with one attached hydrogen (secondary N) is 2. The maximum absolute atomic E-state index is 13.0. The van der Waals surface area contributed by atoms with E-state index >= 15 is 0 Å². The van der Waals surface area contributed by atoms with Crippen molar-refractivity contribution in [2.24, 2.45) is 0 Å². The Morgan fingerprint density at radius 3 is 2.65 bits per heavy atom. The Bertz CT molecular complexity index is 1360. The molecule has 0 bridgehead atoms. The van der Waals surface area contributed by atoms with Gasteiger partial charge in [-0.1, -0.05) is 46.8 Å². The number of aromatic amines is 1. The molecule has 0 aliphatic heterocycles. The predicted octanol–water partition coefficient (Wildman–Crippen LogP) is 4.71. The van der Waals surface area contributed by atoms with Gasteiger partial charge in [-0.25, -0.2) is 9.37 Å². The van der Waals surface area contributed by atoms with E-state index in [9.17, 15) is 14.0 Å². The van der Waals surface area contributed by atoms with Gasteiger partial charge in [-0.2, -0.15) is 0 Å². The Balaban J connectivity index is 1.51. The first-order chi connectivity index (χ1) is 14.9. The Morgan fingerprint density at radius 2 is 1.94 bits per heavy atom. The summed E-state index contributed by atoms with van der Waals surface area (Å²) in [5.74, 6) is -0.513. The molecule has 2 aromatic carbocycles. The maximum atomic E-state index is 13.0. The fourth-order valence-corrected chi connectivity index (χ4v) is 4.85. The lowest BCUT2D eigenvalue weighted by Crippen LogP contribution is -2.24. The Kier molecular flexibility index (Phi) is 6.51. The van der Waals surface area contributed by atoms with Gasteiger partial charge in [0.1, 0.15) is 10.5 Å². The molecule has 31 heavy (non-hydrogen) atoms. The molecule has 0 aliphatic carbocycles. The summed E-state index contributed by atoms with van der Waals surface area (Å²) in [6.45, 7) is 0.281. The van der Waals surface area contributed by atoms with E-state index in [1.165, 1.54) is 23.5 Å². The normalized spacial score (nSPS) is 11.0. The first-order valence-electron chi connectivity index (χ1n) is 8.96. The van der Waals surface area contributed by atoms with Crippen LogP contribution >= 0.6 is 46.9 Å². The van der Waals surface area contributed by atoms with Gasteiger partial charge >= 0.3 is 0 Å². The molecule has 4 rings (SSSR count). The third-order valence-electron chi connectivity index (χ3n) is 4.25. The van der Waals surface area contributed by atoms with E-state index in [0.717, 1.165) is 23.0 Å². The number of carbonyl (C=O) groups is 1. The molecule has 0 saturated carbocycles. The Morgan fingerprint density at radius 1 is 1.23 bits per heavy atom. The summed E-state index contributed by atoms with van der Waals surface area (Å²) in [7, 11) is 0.